The molecule has 0 spiro atoms. The van der Waals surface area contributed by atoms with E-state index < -0.39 is 42.3 Å². The molecule has 7 N–H and O–H groups in total. The molecule has 0 amide bonds. The van der Waals surface area contributed by atoms with E-state index in [9.17, 15) is 39.5 Å². The van der Waals surface area contributed by atoms with E-state index in [1.165, 1.54) is 0 Å². The normalized spacial score (nSPS) is 11.0. The summed E-state index contributed by atoms with van der Waals surface area (Å²) in [5.41, 5.74) is 8.58. The molecule has 59 heavy (non-hydrogen) atoms. The molecule has 0 unspecified atom stereocenters. The molecule has 324 valence electrons. The molecule has 0 atom stereocenters. The molecule has 0 bridgehead atoms. The highest BCUT2D eigenvalue weighted by Gasteiger charge is 2.39. The third kappa shape index (κ3) is 16.7. The number of methoxy groups -OCH3 is 1. The molecule has 25 heteroatoms. The standard InChI is InChI=1S/C28H31FN6O3.3C2HF3O2/c1-5-37-20-12-23(27(29)25(13-20)38-17(2)3)35(19-8-6-18(7-9-19)28(30)31)16-26-33-15-22(34-26)21-14-32-11-10-24(21)36-4;3*3-2(4,5)1(6)7/h6-15,17H,5,16H2,1-4H3,(H3,30,31)(H,33,34);3*(H,6,7). The van der Waals surface area contributed by atoms with Gasteiger partial charge in [0, 0.05) is 35.8 Å². The van der Waals surface area contributed by atoms with Gasteiger partial charge in [0.25, 0.3) is 0 Å². The van der Waals surface area contributed by atoms with Gasteiger partial charge in [-0.15, -0.1) is 0 Å². The number of hydrogen-bond donors (Lipinski definition) is 6. The number of rotatable bonds is 11. The molecule has 0 saturated heterocycles. The second-order valence-corrected chi connectivity index (χ2v) is 11.1. The lowest BCUT2D eigenvalue weighted by Gasteiger charge is -2.26. The first-order valence-corrected chi connectivity index (χ1v) is 15.9. The number of hydrogen-bond acceptors (Lipinski definition) is 10. The number of pyridine rings is 1. The van der Waals surface area contributed by atoms with Crippen LogP contribution in [0.4, 0.5) is 55.3 Å². The van der Waals surface area contributed by atoms with E-state index >= 15 is 4.39 Å². The zero-order chi connectivity index (χ0) is 45.5. The summed E-state index contributed by atoms with van der Waals surface area (Å²) in [6, 6.07) is 12.0. The number of carboxylic acids is 3. The summed E-state index contributed by atoms with van der Waals surface area (Å²) < 4.78 is 128. The Morgan fingerprint density at radius 2 is 1.37 bits per heavy atom. The van der Waals surface area contributed by atoms with Crippen molar-refractivity contribution in [1.82, 2.24) is 15.0 Å². The summed E-state index contributed by atoms with van der Waals surface area (Å²) in [5.74, 6) is -7.06. The summed E-state index contributed by atoms with van der Waals surface area (Å²) >= 11 is 0. The first-order valence-electron chi connectivity index (χ1n) is 15.9. The second kappa shape index (κ2) is 21.6. The Kier molecular flexibility index (Phi) is 18.4. The Balaban J connectivity index is 0.000000678. The van der Waals surface area contributed by atoms with Crippen molar-refractivity contribution in [2.24, 2.45) is 5.73 Å². The average Bonchev–Trinajstić information content (AvgIpc) is 3.60. The van der Waals surface area contributed by atoms with Crippen molar-refractivity contribution < 1.29 is 87.8 Å². The quantitative estimate of drug-likeness (QED) is 0.0493. The topological polar surface area (TPSA) is 234 Å². The minimum Gasteiger partial charge on any atom is -0.496 e. The van der Waals surface area contributed by atoms with Crippen molar-refractivity contribution in [1.29, 1.82) is 5.41 Å². The number of carbonyl (C=O) groups is 3. The van der Waals surface area contributed by atoms with Crippen LogP contribution in [-0.2, 0) is 20.9 Å². The smallest absolute Gasteiger partial charge is 0.490 e. The maximum Gasteiger partial charge on any atom is 0.490 e. The maximum atomic E-state index is 15.9. The second-order valence-electron chi connectivity index (χ2n) is 11.1. The first kappa shape index (κ1) is 50.2. The lowest BCUT2D eigenvalue weighted by Crippen LogP contribution is -2.21. The third-order valence-electron chi connectivity index (χ3n) is 6.40. The van der Waals surface area contributed by atoms with E-state index in [0.29, 0.717) is 40.9 Å². The van der Waals surface area contributed by atoms with E-state index in [-0.39, 0.29) is 29.9 Å². The number of alkyl halides is 9. The van der Waals surface area contributed by atoms with Crippen LogP contribution in [0.3, 0.4) is 0 Å². The molecule has 2 aromatic carbocycles. The number of ether oxygens (including phenoxy) is 3. The highest BCUT2D eigenvalue weighted by molar-refractivity contribution is 5.95. The van der Waals surface area contributed by atoms with Crippen molar-refractivity contribution in [3.63, 3.8) is 0 Å². The van der Waals surface area contributed by atoms with Crippen LogP contribution in [0.25, 0.3) is 11.3 Å². The summed E-state index contributed by atoms with van der Waals surface area (Å²) in [6.45, 7) is 6.13. The number of H-pyrrole nitrogens is 1. The fourth-order valence-corrected chi connectivity index (χ4v) is 3.97. The van der Waals surface area contributed by atoms with Gasteiger partial charge in [0.05, 0.1) is 49.5 Å². The van der Waals surface area contributed by atoms with Crippen LogP contribution < -0.4 is 24.8 Å². The van der Waals surface area contributed by atoms with Gasteiger partial charge in [-0.1, -0.05) is 0 Å². The minimum atomic E-state index is -5.08. The largest absolute Gasteiger partial charge is 0.496 e. The predicted molar refractivity (Wildman–Crippen MR) is 186 cm³/mol. The molecule has 0 aliphatic rings. The van der Waals surface area contributed by atoms with Crippen molar-refractivity contribution >= 4 is 35.1 Å². The number of nitrogens with two attached hydrogens (primary N) is 1. The number of imidazole rings is 1. The molecular weight excluding hydrogens is 826 g/mol. The Morgan fingerprint density at radius 3 is 1.80 bits per heavy atom. The summed E-state index contributed by atoms with van der Waals surface area (Å²) in [7, 11) is 1.59. The van der Waals surface area contributed by atoms with Gasteiger partial charge >= 0.3 is 36.4 Å². The van der Waals surface area contributed by atoms with E-state index in [0.717, 1.165) is 5.56 Å². The zero-order valence-corrected chi connectivity index (χ0v) is 30.8. The molecule has 4 rings (SSSR count). The van der Waals surface area contributed by atoms with Gasteiger partial charge in [0.15, 0.2) is 11.6 Å². The van der Waals surface area contributed by atoms with Crippen molar-refractivity contribution in [2.45, 2.75) is 51.9 Å². The molecule has 4 aromatic rings. The summed E-state index contributed by atoms with van der Waals surface area (Å²) in [5, 5.41) is 29.1. The number of aliphatic carboxylic acids is 3. The van der Waals surface area contributed by atoms with Crippen LogP contribution in [0.5, 0.6) is 17.2 Å². The van der Waals surface area contributed by atoms with Crippen LogP contribution in [0, 0.1) is 11.2 Å². The van der Waals surface area contributed by atoms with Gasteiger partial charge in [-0.2, -0.15) is 39.5 Å². The number of amidine groups is 1. The SMILES string of the molecule is CCOc1cc(OC(C)C)c(F)c(N(Cc2ncc(-c3cnccc3OC)[nH]2)c2ccc(C(=N)N)cc2)c1.O=C(O)C(F)(F)F.O=C(O)C(F)(F)F.O=C(O)C(F)(F)F. The van der Waals surface area contributed by atoms with E-state index in [4.69, 9.17) is 55.1 Å². The van der Waals surface area contributed by atoms with Crippen LogP contribution in [0.15, 0.2) is 61.1 Å². The first-order chi connectivity index (χ1) is 27.1. The Labute approximate surface area is 326 Å². The number of carboxylic acid groups (broad SMARTS) is 3. The highest BCUT2D eigenvalue weighted by atomic mass is 19.4. The van der Waals surface area contributed by atoms with Gasteiger partial charge in [0.1, 0.15) is 23.2 Å². The average molecular weight is 861 g/mol. The monoisotopic (exact) mass is 860 g/mol. The van der Waals surface area contributed by atoms with E-state index in [1.807, 2.05) is 20.8 Å². The zero-order valence-electron chi connectivity index (χ0n) is 30.8. The number of anilines is 2. The van der Waals surface area contributed by atoms with E-state index in [1.54, 1.807) is 73.1 Å². The molecule has 0 aliphatic heterocycles. The van der Waals surface area contributed by atoms with Gasteiger partial charge in [-0.05, 0) is 51.1 Å². The third-order valence-corrected chi connectivity index (χ3v) is 6.40. The molecule has 2 aromatic heterocycles. The molecule has 0 radical (unpaired) electrons. The minimum absolute atomic E-state index is 0.0543. The van der Waals surface area contributed by atoms with Crippen LogP contribution in [0.1, 0.15) is 32.2 Å². The van der Waals surface area contributed by atoms with Crippen LogP contribution in [0.2, 0.25) is 0 Å². The number of benzene rings is 2. The molecule has 0 aliphatic carbocycles. The Morgan fingerprint density at radius 1 is 0.864 bits per heavy atom. The highest BCUT2D eigenvalue weighted by Crippen LogP contribution is 2.38. The van der Waals surface area contributed by atoms with Crippen molar-refractivity contribution in [3.05, 3.63) is 78.3 Å². The summed E-state index contributed by atoms with van der Waals surface area (Å²) in [4.78, 5) is 40.5. The Hall–Kier alpha value is -6.82. The predicted octanol–water partition coefficient (Wildman–Crippen LogP) is 7.33. The lowest BCUT2D eigenvalue weighted by molar-refractivity contribution is -0.193. The molecule has 0 saturated carbocycles. The van der Waals surface area contributed by atoms with E-state index in [2.05, 4.69) is 15.0 Å². The number of nitrogen functional groups attached to an aromatic ring is 1. The number of nitrogens with zero attached hydrogens (tertiary/aromatic N) is 3. The molecule has 0 fully saturated rings. The maximum absolute atomic E-state index is 15.9. The molecular formula is C34H34F10N6O9. The Bertz CT molecular complexity index is 1960. The van der Waals surface area contributed by atoms with Crippen LogP contribution >= 0.6 is 0 Å². The number of aromatic nitrogens is 3. The number of nitrogens with one attached hydrogen (secondary N) is 2. The van der Waals surface area contributed by atoms with Gasteiger partial charge in [-0.25, -0.2) is 23.8 Å². The molecule has 15 nitrogen and oxygen atoms in total. The number of halogens is 10. The fourth-order valence-electron chi connectivity index (χ4n) is 3.97. The van der Waals surface area contributed by atoms with Gasteiger partial charge in [-0.3, -0.25) is 10.4 Å². The van der Waals surface area contributed by atoms with Crippen LogP contribution in [-0.4, -0.2) is 92.4 Å². The van der Waals surface area contributed by atoms with Crippen molar-refractivity contribution in [2.75, 3.05) is 18.6 Å². The fraction of sp³-hybridized carbons (Fsp3) is 0.294. The van der Waals surface area contributed by atoms with Crippen molar-refractivity contribution in [3.8, 4) is 28.5 Å². The lowest BCUT2D eigenvalue weighted by atomic mass is 10.1. The van der Waals surface area contributed by atoms with Gasteiger partial charge < -0.3 is 45.1 Å². The number of aromatic amines is 1. The van der Waals surface area contributed by atoms with Gasteiger partial charge in [0.2, 0.25) is 0 Å². The summed E-state index contributed by atoms with van der Waals surface area (Å²) in [6.07, 6.45) is -10.5. The molecule has 2 heterocycles.